The van der Waals surface area contributed by atoms with Crippen LogP contribution in [0, 0.1) is 0 Å². The molecule has 7 nitrogen and oxygen atoms in total. The highest BCUT2D eigenvalue weighted by molar-refractivity contribution is 8.01. The highest BCUT2D eigenvalue weighted by atomic mass is 35.5. The third-order valence-electron chi connectivity index (χ3n) is 4.85. The molecule has 3 aromatic rings. The van der Waals surface area contributed by atoms with Gasteiger partial charge in [-0.25, -0.2) is 0 Å². The van der Waals surface area contributed by atoms with Gasteiger partial charge in [-0.2, -0.15) is 0 Å². The second-order valence-corrected chi connectivity index (χ2v) is 9.50. The quantitative estimate of drug-likeness (QED) is 0.508. The third-order valence-corrected chi connectivity index (χ3v) is 7.04. The maximum atomic E-state index is 12.6. The fourth-order valence-corrected chi connectivity index (χ4v) is 5.10. The van der Waals surface area contributed by atoms with E-state index in [0.717, 1.165) is 39.6 Å². The lowest BCUT2D eigenvalue weighted by Crippen LogP contribution is -2.49. The Morgan fingerprint density at radius 1 is 1.16 bits per heavy atom. The minimum absolute atomic E-state index is 0.119. The van der Waals surface area contributed by atoms with E-state index >= 15 is 0 Å². The lowest BCUT2D eigenvalue weighted by molar-refractivity contribution is -0.128. The van der Waals surface area contributed by atoms with Crippen molar-refractivity contribution in [1.82, 2.24) is 15.1 Å². The highest BCUT2D eigenvalue weighted by Crippen LogP contribution is 2.29. The molecule has 162 valence electrons. The summed E-state index contributed by atoms with van der Waals surface area (Å²) in [6.07, 6.45) is 0. The number of piperazine rings is 1. The fraction of sp³-hybridized carbons (Fsp3) is 0.286. The molecule has 1 aliphatic rings. The molecule has 2 heterocycles. The number of amides is 1. The zero-order valence-corrected chi connectivity index (χ0v) is 19.3. The second kappa shape index (κ2) is 10.2. The summed E-state index contributed by atoms with van der Waals surface area (Å²) in [7, 11) is 1.63. The lowest BCUT2D eigenvalue weighted by atomic mass is 10.2. The van der Waals surface area contributed by atoms with E-state index in [2.05, 4.69) is 20.4 Å². The average Bonchev–Trinajstić information content (AvgIpc) is 3.25. The maximum Gasteiger partial charge on any atom is 0.233 e. The molecule has 0 spiro atoms. The number of rotatable bonds is 7. The van der Waals surface area contributed by atoms with Crippen molar-refractivity contribution in [1.29, 1.82) is 0 Å². The van der Waals surface area contributed by atoms with Gasteiger partial charge in [-0.3, -0.25) is 4.79 Å². The van der Waals surface area contributed by atoms with Crippen molar-refractivity contribution < 1.29 is 9.53 Å². The van der Waals surface area contributed by atoms with E-state index in [-0.39, 0.29) is 5.91 Å². The molecule has 2 aromatic carbocycles. The average molecular weight is 476 g/mol. The Balaban J connectivity index is 1.25. The van der Waals surface area contributed by atoms with Crippen LogP contribution >= 0.6 is 34.7 Å². The van der Waals surface area contributed by atoms with Crippen molar-refractivity contribution in [2.24, 2.45) is 0 Å². The standard InChI is InChI=1S/C21H22ClN5O2S2/c1-29-18-7-3-5-16(13-18)23-20-24-25-21(31-20)30-14-19(28)27-10-8-26(9-11-27)17-6-2-4-15(22)12-17/h2-7,12-13H,8-11,14H2,1H3,(H,23,24). The SMILES string of the molecule is COc1cccc(Nc2nnc(SCC(=O)N3CCN(c4cccc(Cl)c4)CC3)s2)c1. The Morgan fingerprint density at radius 3 is 2.74 bits per heavy atom. The zero-order valence-electron chi connectivity index (χ0n) is 17.0. The predicted octanol–water partition coefficient (Wildman–Crippen LogP) is 4.38. The number of aromatic nitrogens is 2. The molecule has 4 rings (SSSR count). The second-order valence-electron chi connectivity index (χ2n) is 6.87. The summed E-state index contributed by atoms with van der Waals surface area (Å²) in [5, 5.41) is 13.0. The first-order chi connectivity index (χ1) is 15.1. The minimum Gasteiger partial charge on any atom is -0.497 e. The molecule has 0 radical (unpaired) electrons. The first-order valence-electron chi connectivity index (χ1n) is 9.76. The number of carbonyl (C=O) groups excluding carboxylic acids is 1. The summed E-state index contributed by atoms with van der Waals surface area (Å²) < 4.78 is 5.99. The molecule has 10 heteroatoms. The summed E-state index contributed by atoms with van der Waals surface area (Å²) in [6, 6.07) is 15.4. The minimum atomic E-state index is 0.119. The van der Waals surface area contributed by atoms with Gasteiger partial charge in [-0.1, -0.05) is 46.8 Å². The zero-order chi connectivity index (χ0) is 21.6. The van der Waals surface area contributed by atoms with E-state index in [1.165, 1.54) is 23.1 Å². The lowest BCUT2D eigenvalue weighted by Gasteiger charge is -2.36. The van der Waals surface area contributed by atoms with Crippen LogP contribution in [0.5, 0.6) is 5.75 Å². The van der Waals surface area contributed by atoms with Gasteiger partial charge in [-0.15, -0.1) is 10.2 Å². The Labute approximate surface area is 194 Å². The van der Waals surface area contributed by atoms with Gasteiger partial charge in [0.2, 0.25) is 11.0 Å². The van der Waals surface area contributed by atoms with Gasteiger partial charge in [0.25, 0.3) is 0 Å². The number of methoxy groups -OCH3 is 1. The van der Waals surface area contributed by atoms with Crippen molar-refractivity contribution in [3.05, 3.63) is 53.6 Å². The van der Waals surface area contributed by atoms with Crippen LogP contribution in [-0.2, 0) is 4.79 Å². The van der Waals surface area contributed by atoms with Gasteiger partial charge >= 0.3 is 0 Å². The number of thioether (sulfide) groups is 1. The van der Waals surface area contributed by atoms with Crippen molar-refractivity contribution in [3.63, 3.8) is 0 Å². The first-order valence-corrected chi connectivity index (χ1v) is 11.9. The van der Waals surface area contributed by atoms with Crippen LogP contribution < -0.4 is 15.0 Å². The number of halogens is 1. The van der Waals surface area contributed by atoms with Gasteiger partial charge in [0.15, 0.2) is 4.34 Å². The van der Waals surface area contributed by atoms with E-state index in [0.29, 0.717) is 24.0 Å². The molecular formula is C21H22ClN5O2S2. The number of anilines is 3. The molecule has 0 saturated carbocycles. The predicted molar refractivity (Wildman–Crippen MR) is 127 cm³/mol. The topological polar surface area (TPSA) is 70.6 Å². The number of benzene rings is 2. The molecule has 1 aromatic heterocycles. The van der Waals surface area contributed by atoms with E-state index < -0.39 is 0 Å². The summed E-state index contributed by atoms with van der Waals surface area (Å²) in [4.78, 5) is 16.8. The summed E-state index contributed by atoms with van der Waals surface area (Å²) in [6.45, 7) is 2.99. The summed E-state index contributed by atoms with van der Waals surface area (Å²) >= 11 is 8.93. The smallest absolute Gasteiger partial charge is 0.233 e. The molecule has 0 atom stereocenters. The number of carbonyl (C=O) groups is 1. The van der Waals surface area contributed by atoms with Gasteiger partial charge in [0.05, 0.1) is 12.9 Å². The number of nitrogens with one attached hydrogen (secondary N) is 1. The molecule has 1 amide bonds. The van der Waals surface area contributed by atoms with Crippen LogP contribution in [0.2, 0.25) is 5.02 Å². The van der Waals surface area contributed by atoms with Crippen molar-refractivity contribution in [2.75, 3.05) is 49.3 Å². The maximum absolute atomic E-state index is 12.6. The Kier molecular flexibility index (Phi) is 7.16. The fourth-order valence-electron chi connectivity index (χ4n) is 3.24. The summed E-state index contributed by atoms with van der Waals surface area (Å²) in [5.74, 6) is 1.24. The molecule has 31 heavy (non-hydrogen) atoms. The van der Waals surface area contributed by atoms with E-state index in [1.54, 1.807) is 7.11 Å². The van der Waals surface area contributed by atoms with Gasteiger partial charge < -0.3 is 19.9 Å². The molecule has 0 bridgehead atoms. The number of hydrogen-bond acceptors (Lipinski definition) is 8. The monoisotopic (exact) mass is 475 g/mol. The van der Waals surface area contributed by atoms with E-state index in [4.69, 9.17) is 16.3 Å². The van der Waals surface area contributed by atoms with Crippen LogP contribution in [-0.4, -0.2) is 60.0 Å². The number of hydrogen-bond donors (Lipinski definition) is 1. The summed E-state index contributed by atoms with van der Waals surface area (Å²) in [5.41, 5.74) is 1.97. The molecule has 1 aliphatic heterocycles. The molecule has 1 fully saturated rings. The first kappa shape index (κ1) is 21.7. The molecule has 0 aliphatic carbocycles. The van der Waals surface area contributed by atoms with Gasteiger partial charge in [0, 0.05) is 48.6 Å². The van der Waals surface area contributed by atoms with Crippen LogP contribution in [0.1, 0.15) is 0 Å². The largest absolute Gasteiger partial charge is 0.497 e. The Hall–Kier alpha value is -2.49. The van der Waals surface area contributed by atoms with E-state index in [9.17, 15) is 4.79 Å². The molecular weight excluding hydrogens is 454 g/mol. The number of nitrogens with zero attached hydrogens (tertiary/aromatic N) is 4. The van der Waals surface area contributed by atoms with Crippen molar-refractivity contribution >= 4 is 57.1 Å². The van der Waals surface area contributed by atoms with Crippen LogP contribution in [0.4, 0.5) is 16.5 Å². The van der Waals surface area contributed by atoms with Crippen LogP contribution in [0.25, 0.3) is 0 Å². The van der Waals surface area contributed by atoms with Crippen LogP contribution in [0.15, 0.2) is 52.9 Å². The van der Waals surface area contributed by atoms with Gasteiger partial charge in [0.1, 0.15) is 5.75 Å². The normalized spacial score (nSPS) is 13.9. The molecule has 0 unspecified atom stereocenters. The van der Waals surface area contributed by atoms with Crippen molar-refractivity contribution in [3.8, 4) is 5.75 Å². The van der Waals surface area contributed by atoms with Crippen molar-refractivity contribution in [2.45, 2.75) is 4.34 Å². The molecule has 1 saturated heterocycles. The van der Waals surface area contributed by atoms with Gasteiger partial charge in [-0.05, 0) is 30.3 Å². The highest BCUT2D eigenvalue weighted by Gasteiger charge is 2.22. The molecule has 1 N–H and O–H groups in total. The number of ether oxygens (including phenoxy) is 1. The third kappa shape index (κ3) is 5.81. The Bertz CT molecular complexity index is 1040. The van der Waals surface area contributed by atoms with Crippen LogP contribution in [0.3, 0.4) is 0 Å². The Morgan fingerprint density at radius 2 is 1.97 bits per heavy atom. The van der Waals surface area contributed by atoms with E-state index in [1.807, 2.05) is 53.4 Å².